The van der Waals surface area contributed by atoms with Gasteiger partial charge in [0.05, 0.1) is 26.8 Å². The zero-order valence-corrected chi connectivity index (χ0v) is 11.6. The fraction of sp³-hybridized carbons (Fsp3) is 0.0769. The van der Waals surface area contributed by atoms with E-state index >= 15 is 0 Å². The van der Waals surface area contributed by atoms with Gasteiger partial charge in [0.1, 0.15) is 11.5 Å². The molecule has 2 rings (SSSR count). The van der Waals surface area contributed by atoms with Crippen molar-refractivity contribution < 1.29 is 9.31 Å². The molecule has 0 N–H and O–H groups in total. The number of hydrogen-bond donors (Lipinski definition) is 0. The smallest absolute Gasteiger partial charge is 0.270 e. The molecule has 0 saturated carbocycles. The topological polar surface area (TPSA) is 46.4 Å². The van der Waals surface area contributed by atoms with Gasteiger partial charge in [-0.1, -0.05) is 6.07 Å². The Hall–Kier alpha value is -1.95. The molecule has 98 valence electrons. The van der Waals surface area contributed by atoms with Crippen molar-refractivity contribution in [3.63, 3.8) is 0 Å². The summed E-state index contributed by atoms with van der Waals surface area (Å²) in [7, 11) is 0. The fourth-order valence-corrected chi connectivity index (χ4v) is 2.18. The van der Waals surface area contributed by atoms with E-state index in [2.05, 4.69) is 16.1 Å². The van der Waals surface area contributed by atoms with Crippen LogP contribution in [-0.2, 0) is 0 Å². The van der Waals surface area contributed by atoms with Crippen LogP contribution >= 0.6 is 16.1 Å². The lowest BCUT2D eigenvalue weighted by atomic mass is 10.2. The third kappa shape index (κ3) is 2.90. The van der Waals surface area contributed by atoms with Crippen molar-refractivity contribution in [3.8, 4) is 0 Å². The van der Waals surface area contributed by atoms with Crippen LogP contribution in [0.5, 0.6) is 0 Å². The highest BCUT2D eigenvalue weighted by Gasteiger charge is 2.19. The molecule has 2 aromatic carbocycles. The predicted molar refractivity (Wildman–Crippen MR) is 75.3 cm³/mol. The van der Waals surface area contributed by atoms with Crippen LogP contribution in [0.2, 0.25) is 0 Å². The second-order valence-corrected chi connectivity index (χ2v) is 4.72. The summed E-state index contributed by atoms with van der Waals surface area (Å²) in [4.78, 5) is 10.6. The summed E-state index contributed by atoms with van der Waals surface area (Å²) < 4.78 is 14.4. The van der Waals surface area contributed by atoms with Gasteiger partial charge in [-0.25, -0.2) is 4.39 Å². The van der Waals surface area contributed by atoms with Gasteiger partial charge in [-0.3, -0.25) is 14.0 Å². The first-order valence-corrected chi connectivity index (χ1v) is 6.16. The molecule has 0 amide bonds. The molecule has 6 heteroatoms. The summed E-state index contributed by atoms with van der Waals surface area (Å²) in [5.74, 6) is -0.358. The highest BCUT2D eigenvalue weighted by molar-refractivity contribution is 9.10. The number of aryl methyl sites for hydroxylation is 1. The molecule has 0 atom stereocenters. The summed E-state index contributed by atoms with van der Waals surface area (Å²) in [6.45, 7) is 1.85. The van der Waals surface area contributed by atoms with Gasteiger partial charge in [0.2, 0.25) is 0 Å². The lowest BCUT2D eigenvalue weighted by Crippen LogP contribution is -2.05. The van der Waals surface area contributed by atoms with Gasteiger partial charge in [0.15, 0.2) is 0 Å². The molecule has 0 bridgehead atoms. The van der Waals surface area contributed by atoms with E-state index in [4.69, 9.17) is 0 Å². The molecule has 2 aromatic rings. The number of halogens is 2. The number of hydrogen-bond acceptors (Lipinski definition) is 3. The van der Waals surface area contributed by atoms with Crippen molar-refractivity contribution in [2.45, 2.75) is 6.92 Å². The average Bonchev–Trinajstić information content (AvgIpc) is 2.38. The Morgan fingerprint density at radius 1 is 1.21 bits per heavy atom. The summed E-state index contributed by atoms with van der Waals surface area (Å²) in [5, 5.41) is 11.0. The fourth-order valence-electron chi connectivity index (χ4n) is 1.66. The Labute approximate surface area is 118 Å². The van der Waals surface area contributed by atoms with E-state index in [0.717, 1.165) is 5.56 Å². The van der Waals surface area contributed by atoms with Gasteiger partial charge in [-0.05, 0) is 42.8 Å². The number of nitro benzene ring substituents is 1. The molecule has 0 aliphatic heterocycles. The quantitative estimate of drug-likeness (QED) is 0.474. The van der Waals surface area contributed by atoms with Crippen LogP contribution in [-0.4, -0.2) is 4.92 Å². The first-order chi connectivity index (χ1) is 8.99. The molecule has 0 aromatic heterocycles. The van der Waals surface area contributed by atoms with Crippen LogP contribution < -0.4 is 3.93 Å². The first-order valence-electron chi connectivity index (χ1n) is 5.45. The summed E-state index contributed by atoms with van der Waals surface area (Å²) >= 11 is 3.28. The first kappa shape index (κ1) is 13.5. The van der Waals surface area contributed by atoms with E-state index in [1.165, 1.54) is 34.3 Å². The molecule has 0 saturated heterocycles. The van der Waals surface area contributed by atoms with Crippen LogP contribution in [0.15, 0.2) is 42.5 Å². The lowest BCUT2D eigenvalue weighted by molar-refractivity contribution is -0.384. The normalized spacial score (nSPS) is 10.3. The van der Waals surface area contributed by atoms with Crippen molar-refractivity contribution in [2.24, 2.45) is 0 Å². The molecule has 0 fully saturated rings. The van der Waals surface area contributed by atoms with Crippen LogP contribution in [0.4, 0.5) is 21.5 Å². The molecule has 0 radical (unpaired) electrons. The predicted octanol–water partition coefficient (Wildman–Crippen LogP) is 4.49. The second kappa shape index (κ2) is 5.36. The maximum Gasteiger partial charge on any atom is 0.293 e. The third-order valence-corrected chi connectivity index (χ3v) is 3.38. The van der Waals surface area contributed by atoms with Crippen LogP contribution in [0.25, 0.3) is 0 Å². The Kier molecular flexibility index (Phi) is 3.80. The minimum atomic E-state index is -0.452. The van der Waals surface area contributed by atoms with E-state index in [-0.39, 0.29) is 11.5 Å². The molecule has 0 unspecified atom stereocenters. The molecule has 4 nitrogen and oxygen atoms in total. The Morgan fingerprint density at radius 2 is 1.84 bits per heavy atom. The van der Waals surface area contributed by atoms with Crippen molar-refractivity contribution >= 4 is 33.2 Å². The number of nitrogens with zero attached hydrogens (tertiary/aromatic N) is 2. The van der Waals surface area contributed by atoms with E-state index in [1.54, 1.807) is 12.1 Å². The molecule has 0 spiro atoms. The monoisotopic (exact) mass is 324 g/mol. The Balaban J connectivity index is 2.48. The van der Waals surface area contributed by atoms with E-state index in [9.17, 15) is 14.5 Å². The van der Waals surface area contributed by atoms with Gasteiger partial charge in [0.25, 0.3) is 5.69 Å². The standard InChI is InChI=1S/C13H10BrFN2O2/c1-9-2-7-12(17(18)19)13(8-9)16(14)11-5-3-10(15)4-6-11/h2-8H,1H3. The van der Waals surface area contributed by atoms with Crippen molar-refractivity contribution in [2.75, 3.05) is 3.93 Å². The summed E-state index contributed by atoms with van der Waals surface area (Å²) in [5.41, 5.74) is 1.88. The van der Waals surface area contributed by atoms with Gasteiger partial charge < -0.3 is 0 Å². The summed E-state index contributed by atoms with van der Waals surface area (Å²) in [6, 6.07) is 10.5. The van der Waals surface area contributed by atoms with Crippen LogP contribution in [0.3, 0.4) is 0 Å². The number of anilines is 2. The maximum atomic E-state index is 12.9. The van der Waals surface area contributed by atoms with Gasteiger partial charge in [-0.2, -0.15) is 0 Å². The summed E-state index contributed by atoms with van der Waals surface area (Å²) in [6.07, 6.45) is 0. The van der Waals surface area contributed by atoms with E-state index < -0.39 is 4.92 Å². The number of rotatable bonds is 3. The van der Waals surface area contributed by atoms with Gasteiger partial charge in [0, 0.05) is 6.07 Å². The molecule has 0 aliphatic carbocycles. The maximum absolute atomic E-state index is 12.9. The van der Waals surface area contributed by atoms with Crippen molar-refractivity contribution in [1.82, 2.24) is 0 Å². The van der Waals surface area contributed by atoms with E-state index in [0.29, 0.717) is 11.4 Å². The third-order valence-electron chi connectivity index (χ3n) is 2.59. The molecule has 19 heavy (non-hydrogen) atoms. The van der Waals surface area contributed by atoms with Crippen molar-refractivity contribution in [1.29, 1.82) is 0 Å². The number of nitro groups is 1. The zero-order chi connectivity index (χ0) is 14.0. The van der Waals surface area contributed by atoms with Crippen molar-refractivity contribution in [3.05, 3.63) is 64.0 Å². The van der Waals surface area contributed by atoms with Gasteiger partial charge in [-0.15, -0.1) is 0 Å². The van der Waals surface area contributed by atoms with Crippen LogP contribution in [0.1, 0.15) is 5.56 Å². The molecule has 0 heterocycles. The molecule has 0 aliphatic rings. The average molecular weight is 325 g/mol. The lowest BCUT2D eigenvalue weighted by Gasteiger charge is -2.17. The van der Waals surface area contributed by atoms with Crippen LogP contribution in [0, 0.1) is 22.9 Å². The minimum Gasteiger partial charge on any atom is -0.270 e. The molecular weight excluding hydrogens is 315 g/mol. The molecular formula is C13H10BrFN2O2. The Morgan fingerprint density at radius 3 is 2.42 bits per heavy atom. The zero-order valence-electron chi connectivity index (χ0n) is 10.0. The minimum absolute atomic E-state index is 0.0215. The van der Waals surface area contributed by atoms with Gasteiger partial charge >= 0.3 is 0 Å². The SMILES string of the molecule is Cc1ccc([N+](=O)[O-])c(N(Br)c2ccc(F)cc2)c1. The van der Waals surface area contributed by atoms with E-state index in [1.807, 2.05) is 6.92 Å². The second-order valence-electron chi connectivity index (χ2n) is 4.01. The highest BCUT2D eigenvalue weighted by Crippen LogP contribution is 2.36. The largest absolute Gasteiger partial charge is 0.293 e. The Bertz CT molecular complexity index is 617. The number of benzene rings is 2. The highest BCUT2D eigenvalue weighted by atomic mass is 79.9.